The van der Waals surface area contributed by atoms with Crippen LogP contribution in [0.5, 0.6) is 0 Å². The number of rotatable bonds is 3. The molecule has 1 aliphatic heterocycles. The van der Waals surface area contributed by atoms with E-state index in [-0.39, 0.29) is 6.61 Å². The Morgan fingerprint density at radius 1 is 1.47 bits per heavy atom. The van der Waals surface area contributed by atoms with E-state index < -0.39 is 0 Å². The van der Waals surface area contributed by atoms with Gasteiger partial charge in [-0.2, -0.15) is 0 Å². The minimum absolute atomic E-state index is 0.101. The number of hydrogen-bond acceptors (Lipinski definition) is 4. The summed E-state index contributed by atoms with van der Waals surface area (Å²) in [6, 6.07) is 1.97. The smallest absolute Gasteiger partial charge is 0.104 e. The molecule has 1 aromatic heterocycles. The fraction of sp³-hybridized carbons (Fsp3) is 0.538. The van der Waals surface area contributed by atoms with E-state index in [1.165, 1.54) is 0 Å². The van der Waals surface area contributed by atoms with Gasteiger partial charge >= 0.3 is 0 Å². The molecule has 3 nitrogen and oxygen atoms in total. The molecule has 2 heterocycles. The second-order valence-corrected chi connectivity index (χ2v) is 4.84. The summed E-state index contributed by atoms with van der Waals surface area (Å²) in [6.45, 7) is 2.10. The van der Waals surface area contributed by atoms with Gasteiger partial charge in [-0.1, -0.05) is 11.8 Å². The predicted molar refractivity (Wildman–Crippen MR) is 66.9 cm³/mol. The summed E-state index contributed by atoms with van der Waals surface area (Å²) in [5.74, 6) is 5.60. The first-order valence-electron chi connectivity index (χ1n) is 5.75. The maximum Gasteiger partial charge on any atom is 0.104 e. The molecule has 0 aliphatic carbocycles. The van der Waals surface area contributed by atoms with Gasteiger partial charge in [-0.3, -0.25) is 0 Å². The number of hydrogen-bond donors (Lipinski definition) is 1. The van der Waals surface area contributed by atoms with Crippen molar-refractivity contribution < 1.29 is 14.6 Å². The van der Waals surface area contributed by atoms with Gasteiger partial charge in [0, 0.05) is 23.7 Å². The first kappa shape index (κ1) is 12.6. The molecule has 0 atom stereocenters. The maximum atomic E-state index is 8.67. The molecule has 1 aromatic rings. The Morgan fingerprint density at radius 2 is 2.29 bits per heavy atom. The van der Waals surface area contributed by atoms with E-state index in [9.17, 15) is 0 Å². The molecule has 0 amide bonds. The lowest BCUT2D eigenvalue weighted by Gasteiger charge is -2.22. The number of thiophene rings is 1. The molecule has 0 spiro atoms. The minimum Gasteiger partial charge on any atom is -0.384 e. The molecule has 17 heavy (non-hydrogen) atoms. The van der Waals surface area contributed by atoms with E-state index in [1.54, 1.807) is 11.3 Å². The largest absolute Gasteiger partial charge is 0.384 e. The van der Waals surface area contributed by atoms with Gasteiger partial charge in [-0.15, -0.1) is 11.3 Å². The number of ether oxygens (including phenoxy) is 2. The topological polar surface area (TPSA) is 38.7 Å². The van der Waals surface area contributed by atoms with E-state index in [0.717, 1.165) is 36.5 Å². The standard InChI is InChI=1S/C13H16O3S/c14-6-1-2-11-5-9-17-13(11)10-16-12-3-7-15-8-4-12/h5,9,12,14H,3-4,6-8,10H2. The van der Waals surface area contributed by atoms with E-state index in [1.807, 2.05) is 11.4 Å². The molecule has 0 bridgehead atoms. The van der Waals surface area contributed by atoms with Crippen molar-refractivity contribution in [2.24, 2.45) is 0 Å². The van der Waals surface area contributed by atoms with Gasteiger partial charge in [0.1, 0.15) is 6.61 Å². The Balaban J connectivity index is 1.87. The van der Waals surface area contributed by atoms with Crippen molar-refractivity contribution in [3.05, 3.63) is 21.9 Å². The summed E-state index contributed by atoms with van der Waals surface area (Å²) in [6.07, 6.45) is 2.26. The quantitative estimate of drug-likeness (QED) is 0.834. The lowest BCUT2D eigenvalue weighted by molar-refractivity contribution is -0.0383. The van der Waals surface area contributed by atoms with E-state index in [2.05, 4.69) is 11.8 Å². The van der Waals surface area contributed by atoms with Gasteiger partial charge in [0.25, 0.3) is 0 Å². The highest BCUT2D eigenvalue weighted by Gasteiger charge is 2.14. The van der Waals surface area contributed by atoms with Crippen LogP contribution in [0.25, 0.3) is 0 Å². The normalized spacial score (nSPS) is 16.5. The Labute approximate surface area is 105 Å². The molecule has 1 N–H and O–H groups in total. The number of aliphatic hydroxyl groups is 1. The summed E-state index contributed by atoms with van der Waals surface area (Å²) in [7, 11) is 0. The highest BCUT2D eigenvalue weighted by molar-refractivity contribution is 7.10. The van der Waals surface area contributed by atoms with Crippen molar-refractivity contribution in [2.45, 2.75) is 25.6 Å². The zero-order valence-corrected chi connectivity index (χ0v) is 10.5. The van der Waals surface area contributed by atoms with E-state index in [0.29, 0.717) is 12.7 Å². The molecule has 0 saturated carbocycles. The zero-order chi connectivity index (χ0) is 11.9. The minimum atomic E-state index is -0.101. The third-order valence-electron chi connectivity index (χ3n) is 2.67. The van der Waals surface area contributed by atoms with Crippen LogP contribution in [0.2, 0.25) is 0 Å². The second-order valence-electron chi connectivity index (χ2n) is 3.84. The summed E-state index contributed by atoms with van der Waals surface area (Å²) in [5, 5.41) is 10.7. The zero-order valence-electron chi connectivity index (χ0n) is 9.65. The monoisotopic (exact) mass is 252 g/mol. The molecular formula is C13H16O3S. The van der Waals surface area contributed by atoms with Crippen LogP contribution in [0.4, 0.5) is 0 Å². The van der Waals surface area contributed by atoms with E-state index >= 15 is 0 Å². The van der Waals surface area contributed by atoms with Gasteiger partial charge < -0.3 is 14.6 Å². The molecule has 92 valence electrons. The summed E-state index contributed by atoms with van der Waals surface area (Å²) in [5.41, 5.74) is 0.969. The van der Waals surface area contributed by atoms with Gasteiger partial charge in [0.2, 0.25) is 0 Å². The van der Waals surface area contributed by atoms with Crippen molar-refractivity contribution in [3.8, 4) is 11.8 Å². The van der Waals surface area contributed by atoms with Crippen molar-refractivity contribution in [3.63, 3.8) is 0 Å². The van der Waals surface area contributed by atoms with Crippen LogP contribution < -0.4 is 0 Å². The molecule has 1 aliphatic rings. The molecule has 2 rings (SSSR count). The fourth-order valence-corrected chi connectivity index (χ4v) is 2.49. The van der Waals surface area contributed by atoms with E-state index in [4.69, 9.17) is 14.6 Å². The van der Waals surface area contributed by atoms with Crippen molar-refractivity contribution >= 4 is 11.3 Å². The maximum absolute atomic E-state index is 8.67. The van der Waals surface area contributed by atoms with Crippen molar-refractivity contribution in [1.82, 2.24) is 0 Å². The Hall–Kier alpha value is -0.860. The van der Waals surface area contributed by atoms with Crippen LogP contribution in [0.3, 0.4) is 0 Å². The summed E-state index contributed by atoms with van der Waals surface area (Å²) in [4.78, 5) is 1.14. The van der Waals surface area contributed by atoms with Crippen LogP contribution in [-0.2, 0) is 16.1 Å². The predicted octanol–water partition coefficient (Wildman–Crippen LogP) is 1.79. The fourth-order valence-electron chi connectivity index (χ4n) is 1.73. The lowest BCUT2D eigenvalue weighted by Crippen LogP contribution is -2.23. The highest BCUT2D eigenvalue weighted by atomic mass is 32.1. The number of aliphatic hydroxyl groups excluding tert-OH is 1. The van der Waals surface area contributed by atoms with Gasteiger partial charge in [-0.25, -0.2) is 0 Å². The van der Waals surface area contributed by atoms with Gasteiger partial charge in [0.15, 0.2) is 0 Å². The van der Waals surface area contributed by atoms with Crippen molar-refractivity contribution in [1.29, 1.82) is 0 Å². The molecule has 4 heteroatoms. The Kier molecular flexibility index (Phi) is 5.02. The van der Waals surface area contributed by atoms with Crippen LogP contribution in [-0.4, -0.2) is 31.0 Å². The SMILES string of the molecule is OCC#Cc1ccsc1COC1CCOCC1. The molecule has 1 fully saturated rings. The highest BCUT2D eigenvalue weighted by Crippen LogP contribution is 2.19. The third kappa shape index (κ3) is 3.83. The molecule has 0 aromatic carbocycles. The van der Waals surface area contributed by atoms with Gasteiger partial charge in [0.05, 0.1) is 12.7 Å². The van der Waals surface area contributed by atoms with Crippen LogP contribution >= 0.6 is 11.3 Å². The van der Waals surface area contributed by atoms with Crippen LogP contribution in [0.15, 0.2) is 11.4 Å². The third-order valence-corrected chi connectivity index (χ3v) is 3.56. The summed E-state index contributed by atoms with van der Waals surface area (Å²) >= 11 is 1.65. The Morgan fingerprint density at radius 3 is 3.06 bits per heavy atom. The molecule has 1 saturated heterocycles. The first-order chi connectivity index (χ1) is 8.40. The van der Waals surface area contributed by atoms with Crippen LogP contribution in [0, 0.1) is 11.8 Å². The second kappa shape index (κ2) is 6.77. The lowest BCUT2D eigenvalue weighted by atomic mass is 10.1. The summed E-state index contributed by atoms with van der Waals surface area (Å²) < 4.78 is 11.1. The first-order valence-corrected chi connectivity index (χ1v) is 6.63. The van der Waals surface area contributed by atoms with Gasteiger partial charge in [-0.05, 0) is 24.3 Å². The average molecular weight is 252 g/mol. The molecular weight excluding hydrogens is 236 g/mol. The molecule has 0 unspecified atom stereocenters. The molecule has 0 radical (unpaired) electrons. The van der Waals surface area contributed by atoms with Crippen LogP contribution in [0.1, 0.15) is 23.3 Å². The Bertz CT molecular complexity index is 396. The average Bonchev–Trinajstić information content (AvgIpc) is 2.82. The van der Waals surface area contributed by atoms with Crippen molar-refractivity contribution in [2.75, 3.05) is 19.8 Å².